The minimum absolute atomic E-state index is 0.406. The molecule has 0 bridgehead atoms. The summed E-state index contributed by atoms with van der Waals surface area (Å²) in [5.74, 6) is -0.856. The van der Waals surface area contributed by atoms with Gasteiger partial charge in [-0.15, -0.1) is 0 Å². The Hall–Kier alpha value is -3.13. The fourth-order valence-corrected chi connectivity index (χ4v) is 2.90. The van der Waals surface area contributed by atoms with E-state index in [0.717, 1.165) is 22.9 Å². The third kappa shape index (κ3) is 5.45. The summed E-state index contributed by atoms with van der Waals surface area (Å²) >= 11 is 0. The van der Waals surface area contributed by atoms with E-state index in [-0.39, 0.29) is 0 Å². The van der Waals surface area contributed by atoms with Crippen LogP contribution in [0.25, 0.3) is 17.2 Å². The summed E-state index contributed by atoms with van der Waals surface area (Å²) in [7, 11) is -3.33. The van der Waals surface area contributed by atoms with Crippen LogP contribution >= 0.6 is 0 Å². The fourth-order valence-electron chi connectivity index (χ4n) is 2.34. The van der Waals surface area contributed by atoms with Gasteiger partial charge in [-0.2, -0.15) is 0 Å². The van der Waals surface area contributed by atoms with Gasteiger partial charge >= 0.3 is 0 Å². The van der Waals surface area contributed by atoms with Crippen LogP contribution in [0, 0.1) is 5.41 Å². The van der Waals surface area contributed by atoms with Crippen LogP contribution in [0.2, 0.25) is 0 Å². The van der Waals surface area contributed by atoms with E-state index in [1.807, 2.05) is 24.3 Å². The normalized spacial score (nSPS) is 11.7. The van der Waals surface area contributed by atoms with E-state index in [2.05, 4.69) is 10.0 Å². The van der Waals surface area contributed by atoms with E-state index >= 15 is 0 Å². The van der Waals surface area contributed by atoms with Crippen LogP contribution in [0.1, 0.15) is 12.5 Å². The molecule has 0 saturated heterocycles. The molecule has 1 amide bonds. The zero-order valence-corrected chi connectivity index (χ0v) is 15.2. The van der Waals surface area contributed by atoms with E-state index in [1.54, 1.807) is 37.3 Å². The van der Waals surface area contributed by atoms with Crippen LogP contribution < -0.4 is 15.8 Å². The van der Waals surface area contributed by atoms with Gasteiger partial charge in [0.25, 0.3) is 5.91 Å². The maximum absolute atomic E-state index is 11.9. The van der Waals surface area contributed by atoms with Crippen molar-refractivity contribution in [2.24, 2.45) is 5.73 Å². The lowest BCUT2D eigenvalue weighted by Crippen LogP contribution is -2.36. The van der Waals surface area contributed by atoms with Gasteiger partial charge in [0.1, 0.15) is 0 Å². The molecule has 136 valence electrons. The molecule has 0 radical (unpaired) electrons. The lowest BCUT2D eigenvalue weighted by Gasteiger charge is -2.10. The SMILES string of the molecule is C/C(=C\c1ccccc1-c1ccc(NS(C)(=O)=O)cc1)C(=O)NC(=N)N. The van der Waals surface area contributed by atoms with Gasteiger partial charge in [-0.3, -0.25) is 20.2 Å². The standard InChI is InChI=1S/C18H20N4O3S/c1-12(17(23)21-18(19)20)11-14-5-3-4-6-16(14)13-7-9-15(10-8-13)22-26(2,24)25/h3-11,22H,1-2H3,(H4,19,20,21,23)/b12-11+. The molecule has 0 aliphatic carbocycles. The maximum Gasteiger partial charge on any atom is 0.253 e. The molecular weight excluding hydrogens is 352 g/mol. The third-order valence-corrected chi connectivity index (χ3v) is 4.04. The number of guanidine groups is 1. The molecule has 0 aliphatic rings. The smallest absolute Gasteiger partial charge is 0.253 e. The van der Waals surface area contributed by atoms with Gasteiger partial charge in [-0.05, 0) is 41.8 Å². The first-order chi connectivity index (χ1) is 12.2. The number of hydrogen-bond acceptors (Lipinski definition) is 4. The van der Waals surface area contributed by atoms with Gasteiger partial charge in [-0.1, -0.05) is 36.4 Å². The third-order valence-electron chi connectivity index (χ3n) is 3.44. The maximum atomic E-state index is 11.9. The summed E-state index contributed by atoms with van der Waals surface area (Å²) < 4.78 is 25.0. The van der Waals surface area contributed by atoms with Crippen LogP contribution in [0.15, 0.2) is 54.1 Å². The highest BCUT2D eigenvalue weighted by Crippen LogP contribution is 2.27. The van der Waals surface area contributed by atoms with Crippen LogP contribution in [0.3, 0.4) is 0 Å². The molecule has 0 fully saturated rings. The summed E-state index contributed by atoms with van der Waals surface area (Å²) in [6.45, 7) is 1.63. The second kappa shape index (κ2) is 7.83. The fraction of sp³-hybridized carbons (Fsp3) is 0.111. The van der Waals surface area contributed by atoms with Crippen molar-refractivity contribution in [1.29, 1.82) is 5.41 Å². The van der Waals surface area contributed by atoms with Crippen molar-refractivity contribution in [2.45, 2.75) is 6.92 Å². The average molecular weight is 372 g/mol. The molecule has 0 aliphatic heterocycles. The molecule has 2 rings (SSSR count). The Labute approximate surface area is 152 Å². The van der Waals surface area contributed by atoms with Crippen LogP contribution in [0.4, 0.5) is 5.69 Å². The summed E-state index contributed by atoms with van der Waals surface area (Å²) in [5, 5.41) is 9.37. The quantitative estimate of drug-likeness (QED) is 0.364. The molecule has 5 N–H and O–H groups in total. The van der Waals surface area contributed by atoms with Crippen molar-refractivity contribution < 1.29 is 13.2 Å². The van der Waals surface area contributed by atoms with Gasteiger partial charge in [0.05, 0.1) is 6.26 Å². The lowest BCUT2D eigenvalue weighted by atomic mass is 9.98. The second-order valence-corrected chi connectivity index (χ2v) is 7.48. The second-order valence-electron chi connectivity index (χ2n) is 5.73. The highest BCUT2D eigenvalue weighted by Gasteiger charge is 2.08. The molecule has 0 saturated carbocycles. The van der Waals surface area contributed by atoms with E-state index in [9.17, 15) is 13.2 Å². The minimum Gasteiger partial charge on any atom is -0.370 e. The number of rotatable bonds is 5. The Morgan fingerprint density at radius 2 is 1.73 bits per heavy atom. The summed E-state index contributed by atoms with van der Waals surface area (Å²) in [5.41, 5.74) is 8.62. The molecule has 0 unspecified atom stereocenters. The number of benzene rings is 2. The Morgan fingerprint density at radius 3 is 2.31 bits per heavy atom. The van der Waals surface area contributed by atoms with Crippen molar-refractivity contribution in [3.05, 3.63) is 59.7 Å². The Bertz CT molecular complexity index is 964. The topological polar surface area (TPSA) is 125 Å². The van der Waals surface area contributed by atoms with E-state index in [1.165, 1.54) is 0 Å². The predicted molar refractivity (Wildman–Crippen MR) is 104 cm³/mol. The Morgan fingerprint density at radius 1 is 1.12 bits per heavy atom. The van der Waals surface area contributed by atoms with Gasteiger partial charge < -0.3 is 5.73 Å². The Balaban J connectivity index is 2.34. The molecule has 0 heterocycles. The van der Waals surface area contributed by atoms with E-state index in [0.29, 0.717) is 11.3 Å². The van der Waals surface area contributed by atoms with Crippen molar-refractivity contribution in [1.82, 2.24) is 5.32 Å². The summed E-state index contributed by atoms with van der Waals surface area (Å²) in [6.07, 6.45) is 2.80. The van der Waals surface area contributed by atoms with Gasteiger partial charge in [0.2, 0.25) is 10.0 Å². The minimum atomic E-state index is -3.33. The number of hydrogen-bond donors (Lipinski definition) is 4. The first-order valence-electron chi connectivity index (χ1n) is 7.66. The largest absolute Gasteiger partial charge is 0.370 e. The van der Waals surface area contributed by atoms with Crippen LogP contribution in [-0.2, 0) is 14.8 Å². The van der Waals surface area contributed by atoms with Gasteiger partial charge in [0.15, 0.2) is 5.96 Å². The zero-order valence-electron chi connectivity index (χ0n) is 14.4. The lowest BCUT2D eigenvalue weighted by molar-refractivity contribution is -0.116. The van der Waals surface area contributed by atoms with Crippen molar-refractivity contribution in [3.63, 3.8) is 0 Å². The highest BCUT2D eigenvalue weighted by molar-refractivity contribution is 7.92. The van der Waals surface area contributed by atoms with Gasteiger partial charge in [0, 0.05) is 11.3 Å². The molecule has 0 spiro atoms. The first kappa shape index (κ1) is 19.2. The number of amides is 1. The zero-order chi connectivity index (χ0) is 19.3. The van der Waals surface area contributed by atoms with Crippen molar-refractivity contribution >= 4 is 33.7 Å². The summed E-state index contributed by atoms with van der Waals surface area (Å²) in [4.78, 5) is 11.9. The number of nitrogens with two attached hydrogens (primary N) is 1. The number of nitrogens with one attached hydrogen (secondary N) is 3. The molecule has 2 aromatic carbocycles. The molecule has 7 nitrogen and oxygen atoms in total. The average Bonchev–Trinajstić information content (AvgIpc) is 2.54. The molecule has 26 heavy (non-hydrogen) atoms. The van der Waals surface area contributed by atoms with E-state index < -0.39 is 21.9 Å². The molecule has 8 heteroatoms. The Kier molecular flexibility index (Phi) is 5.78. The molecule has 0 aromatic heterocycles. The number of sulfonamides is 1. The monoisotopic (exact) mass is 372 g/mol. The molecular formula is C18H20N4O3S. The van der Waals surface area contributed by atoms with Crippen molar-refractivity contribution in [2.75, 3.05) is 11.0 Å². The molecule has 2 aromatic rings. The first-order valence-corrected chi connectivity index (χ1v) is 9.56. The predicted octanol–water partition coefficient (Wildman–Crippen LogP) is 2.14. The molecule has 0 atom stereocenters. The number of carbonyl (C=O) groups excluding carboxylic acids is 1. The number of carbonyl (C=O) groups is 1. The van der Waals surface area contributed by atoms with Crippen LogP contribution in [0.5, 0.6) is 0 Å². The summed E-state index contributed by atoms with van der Waals surface area (Å²) in [6, 6.07) is 14.4. The van der Waals surface area contributed by atoms with Crippen molar-refractivity contribution in [3.8, 4) is 11.1 Å². The highest BCUT2D eigenvalue weighted by atomic mass is 32.2. The van der Waals surface area contributed by atoms with E-state index in [4.69, 9.17) is 11.1 Å². The van der Waals surface area contributed by atoms with Gasteiger partial charge in [-0.25, -0.2) is 8.42 Å². The van der Waals surface area contributed by atoms with Crippen LogP contribution in [-0.4, -0.2) is 26.5 Å². The number of anilines is 1.